The third-order valence-electron chi connectivity index (χ3n) is 3.53. The average Bonchev–Trinajstić information content (AvgIpc) is 3.06. The molecule has 0 atom stereocenters. The fourth-order valence-electron chi connectivity index (χ4n) is 2.58. The maximum Gasteiger partial charge on any atom is 0.181 e. The summed E-state index contributed by atoms with van der Waals surface area (Å²) in [6, 6.07) is 13.3. The molecule has 2 aromatic heterocycles. The highest BCUT2D eigenvalue weighted by Crippen LogP contribution is 2.43. The summed E-state index contributed by atoms with van der Waals surface area (Å²) in [5.41, 5.74) is 2.37. The van der Waals surface area contributed by atoms with E-state index in [1.807, 2.05) is 36.4 Å². The van der Waals surface area contributed by atoms with E-state index in [2.05, 4.69) is 0 Å². The van der Waals surface area contributed by atoms with Gasteiger partial charge in [-0.25, -0.2) is 0 Å². The van der Waals surface area contributed by atoms with Crippen molar-refractivity contribution in [1.82, 2.24) is 0 Å². The summed E-state index contributed by atoms with van der Waals surface area (Å²) in [6.45, 7) is 0. The van der Waals surface area contributed by atoms with E-state index in [1.165, 1.54) is 0 Å². The van der Waals surface area contributed by atoms with Crippen molar-refractivity contribution >= 4 is 33.5 Å². The second kappa shape index (κ2) is 4.57. The number of rotatable bonds is 2. The Balaban J connectivity index is 2.06. The Morgan fingerprint density at radius 3 is 2.71 bits per heavy atom. The molecule has 2 aromatic carbocycles. The van der Waals surface area contributed by atoms with Crippen molar-refractivity contribution in [2.75, 3.05) is 7.11 Å². The van der Waals surface area contributed by atoms with Crippen LogP contribution >= 0.6 is 11.6 Å². The monoisotopic (exact) mass is 298 g/mol. The van der Waals surface area contributed by atoms with Crippen molar-refractivity contribution in [3.63, 3.8) is 0 Å². The lowest BCUT2D eigenvalue weighted by Gasteiger charge is -2.00. The van der Waals surface area contributed by atoms with Crippen LogP contribution in [0.4, 0.5) is 0 Å². The summed E-state index contributed by atoms with van der Waals surface area (Å²) in [5.74, 6) is 1.35. The first-order valence-electron chi connectivity index (χ1n) is 6.50. The van der Waals surface area contributed by atoms with Crippen LogP contribution < -0.4 is 4.74 Å². The van der Waals surface area contributed by atoms with Crippen LogP contribution in [0.3, 0.4) is 0 Å². The Bertz CT molecular complexity index is 949. The summed E-state index contributed by atoms with van der Waals surface area (Å²) in [7, 11) is 1.63. The van der Waals surface area contributed by atoms with E-state index in [1.54, 1.807) is 19.4 Å². The molecule has 0 amide bonds. The van der Waals surface area contributed by atoms with Crippen molar-refractivity contribution in [2.45, 2.75) is 0 Å². The van der Waals surface area contributed by atoms with E-state index < -0.39 is 0 Å². The number of methoxy groups -OCH3 is 1. The van der Waals surface area contributed by atoms with Gasteiger partial charge in [-0.05, 0) is 30.3 Å². The molecule has 4 rings (SSSR count). The summed E-state index contributed by atoms with van der Waals surface area (Å²) in [5, 5.41) is 2.49. The van der Waals surface area contributed by atoms with Gasteiger partial charge in [0, 0.05) is 10.4 Å². The van der Waals surface area contributed by atoms with Crippen LogP contribution in [0.5, 0.6) is 5.75 Å². The van der Waals surface area contributed by atoms with Crippen molar-refractivity contribution in [3.05, 3.63) is 53.8 Å². The van der Waals surface area contributed by atoms with Gasteiger partial charge in [0.15, 0.2) is 11.5 Å². The van der Waals surface area contributed by atoms with Gasteiger partial charge >= 0.3 is 0 Å². The van der Waals surface area contributed by atoms with E-state index in [9.17, 15) is 0 Å². The minimum absolute atomic E-state index is 0.653. The van der Waals surface area contributed by atoms with E-state index in [-0.39, 0.29) is 0 Å². The zero-order valence-corrected chi connectivity index (χ0v) is 12.0. The molecule has 0 spiro atoms. The number of ether oxygens (including phenoxy) is 1. The lowest BCUT2D eigenvalue weighted by Crippen LogP contribution is -1.83. The van der Waals surface area contributed by atoms with Gasteiger partial charge in [-0.1, -0.05) is 23.7 Å². The molecule has 0 aliphatic carbocycles. The highest BCUT2D eigenvalue weighted by molar-refractivity contribution is 6.31. The second-order valence-corrected chi connectivity index (χ2v) is 5.19. The Morgan fingerprint density at radius 1 is 1.00 bits per heavy atom. The van der Waals surface area contributed by atoms with Crippen LogP contribution in [-0.2, 0) is 0 Å². The molecule has 104 valence electrons. The number of benzene rings is 2. The molecule has 4 heteroatoms. The number of furan rings is 2. The van der Waals surface area contributed by atoms with E-state index in [0.717, 1.165) is 27.5 Å². The highest BCUT2D eigenvalue weighted by Gasteiger charge is 2.20. The Labute approximate surface area is 125 Å². The molecule has 2 heterocycles. The third-order valence-corrected chi connectivity index (χ3v) is 3.77. The molecule has 0 unspecified atom stereocenters. The fraction of sp³-hybridized carbons (Fsp3) is 0.0588. The second-order valence-electron chi connectivity index (χ2n) is 4.75. The van der Waals surface area contributed by atoms with Crippen molar-refractivity contribution < 1.29 is 13.6 Å². The first-order valence-corrected chi connectivity index (χ1v) is 6.88. The molecule has 0 aliphatic heterocycles. The van der Waals surface area contributed by atoms with Gasteiger partial charge in [-0.2, -0.15) is 0 Å². The van der Waals surface area contributed by atoms with Crippen molar-refractivity contribution in [1.29, 1.82) is 0 Å². The summed E-state index contributed by atoms with van der Waals surface area (Å²) >= 11 is 6.08. The molecule has 3 nitrogen and oxygen atoms in total. The molecule has 21 heavy (non-hydrogen) atoms. The predicted molar refractivity (Wildman–Crippen MR) is 83.0 cm³/mol. The van der Waals surface area contributed by atoms with Gasteiger partial charge in [0.1, 0.15) is 17.4 Å². The normalized spacial score (nSPS) is 11.3. The lowest BCUT2D eigenvalue weighted by atomic mass is 10.1. The van der Waals surface area contributed by atoms with Gasteiger partial charge in [-0.3, -0.25) is 0 Å². The summed E-state index contributed by atoms with van der Waals surface area (Å²) in [6.07, 6.45) is 1.67. The number of fused-ring (bicyclic) bond motifs is 2. The van der Waals surface area contributed by atoms with Gasteiger partial charge in [0.05, 0.1) is 18.1 Å². The number of hydrogen-bond acceptors (Lipinski definition) is 3. The molecule has 0 aliphatic rings. The minimum Gasteiger partial charge on any atom is -0.492 e. The maximum absolute atomic E-state index is 6.08. The van der Waals surface area contributed by atoms with Gasteiger partial charge < -0.3 is 13.6 Å². The molecule has 0 radical (unpaired) electrons. The number of para-hydroxylation sites is 1. The Morgan fingerprint density at radius 2 is 1.86 bits per heavy atom. The van der Waals surface area contributed by atoms with Crippen LogP contribution in [-0.4, -0.2) is 7.11 Å². The van der Waals surface area contributed by atoms with Gasteiger partial charge in [0.2, 0.25) is 0 Å². The molecular weight excluding hydrogens is 288 g/mol. The molecular formula is C17H11ClO3. The Hall–Kier alpha value is -2.39. The third kappa shape index (κ3) is 1.82. The topological polar surface area (TPSA) is 35.5 Å². The first-order chi connectivity index (χ1) is 10.3. The van der Waals surface area contributed by atoms with Crippen LogP contribution in [0.2, 0.25) is 5.02 Å². The fourth-order valence-corrected chi connectivity index (χ4v) is 2.75. The van der Waals surface area contributed by atoms with Crippen LogP contribution in [0.15, 0.2) is 57.6 Å². The molecule has 0 bridgehead atoms. The zero-order valence-electron chi connectivity index (χ0n) is 11.2. The number of hydrogen-bond donors (Lipinski definition) is 0. The van der Waals surface area contributed by atoms with Crippen molar-refractivity contribution in [2.24, 2.45) is 0 Å². The molecule has 4 aromatic rings. The smallest absolute Gasteiger partial charge is 0.181 e. The van der Waals surface area contributed by atoms with Gasteiger partial charge in [-0.15, -0.1) is 0 Å². The molecule has 0 saturated carbocycles. The minimum atomic E-state index is 0.653. The summed E-state index contributed by atoms with van der Waals surface area (Å²) in [4.78, 5) is 0. The SMILES string of the molecule is COc1c(-c2coc3ccc(Cl)cc23)oc2ccccc12. The van der Waals surface area contributed by atoms with E-state index >= 15 is 0 Å². The van der Waals surface area contributed by atoms with E-state index in [4.69, 9.17) is 25.2 Å². The van der Waals surface area contributed by atoms with Crippen molar-refractivity contribution in [3.8, 4) is 17.1 Å². The zero-order chi connectivity index (χ0) is 14.4. The first kappa shape index (κ1) is 12.4. The molecule has 0 N–H and O–H groups in total. The van der Waals surface area contributed by atoms with E-state index in [0.29, 0.717) is 16.5 Å². The van der Waals surface area contributed by atoms with Crippen LogP contribution in [0.1, 0.15) is 0 Å². The van der Waals surface area contributed by atoms with Crippen LogP contribution in [0, 0.1) is 0 Å². The van der Waals surface area contributed by atoms with Crippen LogP contribution in [0.25, 0.3) is 33.3 Å². The quantitative estimate of drug-likeness (QED) is 0.489. The number of halogens is 1. The summed E-state index contributed by atoms with van der Waals surface area (Å²) < 4.78 is 17.1. The average molecular weight is 299 g/mol. The Kier molecular flexibility index (Phi) is 2.69. The lowest BCUT2D eigenvalue weighted by molar-refractivity contribution is 0.414. The predicted octanol–water partition coefficient (Wildman–Crippen LogP) is 5.51. The molecule has 0 fully saturated rings. The standard InChI is InChI=1S/C17H11ClO3/c1-19-16-11-4-2-3-5-15(11)21-17(16)13-9-20-14-7-6-10(18)8-12(13)14/h2-9H,1H3. The maximum atomic E-state index is 6.08. The molecule has 0 saturated heterocycles. The largest absolute Gasteiger partial charge is 0.492 e. The highest BCUT2D eigenvalue weighted by atomic mass is 35.5. The van der Waals surface area contributed by atoms with Gasteiger partial charge in [0.25, 0.3) is 0 Å².